The van der Waals surface area contributed by atoms with Gasteiger partial charge in [-0.15, -0.1) is 0 Å². The SMILES string of the molecule is COCCN(Cc1cccc(OS(=O)(=O)c2ccc(F)cc2)c1)C(=O)Cc1ccc(F)cc1. The zero-order valence-electron chi connectivity index (χ0n) is 17.9. The van der Waals surface area contributed by atoms with Crippen molar-refractivity contribution in [2.24, 2.45) is 0 Å². The van der Waals surface area contributed by atoms with Gasteiger partial charge in [0.05, 0.1) is 13.0 Å². The van der Waals surface area contributed by atoms with Gasteiger partial charge in [0.1, 0.15) is 22.3 Å². The molecule has 0 atom stereocenters. The number of methoxy groups -OCH3 is 1. The first-order valence-corrected chi connectivity index (χ1v) is 11.5. The van der Waals surface area contributed by atoms with Gasteiger partial charge in [-0.25, -0.2) is 8.78 Å². The molecule has 1 amide bonds. The van der Waals surface area contributed by atoms with Crippen LogP contribution in [0.4, 0.5) is 8.78 Å². The van der Waals surface area contributed by atoms with Crippen LogP contribution in [0.5, 0.6) is 5.75 Å². The average Bonchev–Trinajstić information content (AvgIpc) is 2.78. The monoisotopic (exact) mass is 475 g/mol. The second-order valence-corrected chi connectivity index (χ2v) is 8.80. The summed E-state index contributed by atoms with van der Waals surface area (Å²) in [7, 11) is -2.62. The highest BCUT2D eigenvalue weighted by Gasteiger charge is 2.18. The van der Waals surface area contributed by atoms with Crippen molar-refractivity contribution >= 4 is 16.0 Å². The molecule has 0 saturated heterocycles. The van der Waals surface area contributed by atoms with Crippen molar-refractivity contribution in [2.45, 2.75) is 17.9 Å². The fraction of sp³-hybridized carbons (Fsp3) is 0.208. The van der Waals surface area contributed by atoms with Gasteiger partial charge in [-0.3, -0.25) is 4.79 Å². The van der Waals surface area contributed by atoms with Crippen LogP contribution in [0.15, 0.2) is 77.7 Å². The van der Waals surface area contributed by atoms with Crippen LogP contribution in [0, 0.1) is 11.6 Å². The number of nitrogens with zero attached hydrogens (tertiary/aromatic N) is 1. The Bertz CT molecular complexity index is 1180. The molecule has 6 nitrogen and oxygen atoms in total. The maximum Gasteiger partial charge on any atom is 0.339 e. The highest BCUT2D eigenvalue weighted by molar-refractivity contribution is 7.87. The largest absolute Gasteiger partial charge is 0.383 e. The summed E-state index contributed by atoms with van der Waals surface area (Å²) in [6, 6.07) is 16.4. The minimum absolute atomic E-state index is 0.0644. The van der Waals surface area contributed by atoms with Crippen molar-refractivity contribution in [3.63, 3.8) is 0 Å². The summed E-state index contributed by atoms with van der Waals surface area (Å²) in [5.41, 5.74) is 1.32. The van der Waals surface area contributed by atoms with Crippen molar-refractivity contribution < 1.29 is 30.9 Å². The molecule has 3 rings (SSSR count). The molecule has 9 heteroatoms. The lowest BCUT2D eigenvalue weighted by Crippen LogP contribution is -2.34. The Morgan fingerprint density at radius 2 is 1.55 bits per heavy atom. The summed E-state index contributed by atoms with van der Waals surface area (Å²) in [5.74, 6) is -1.06. The van der Waals surface area contributed by atoms with E-state index in [0.717, 1.165) is 24.3 Å². The van der Waals surface area contributed by atoms with E-state index in [0.29, 0.717) is 24.3 Å². The molecule has 174 valence electrons. The zero-order chi connectivity index (χ0) is 23.8. The van der Waals surface area contributed by atoms with E-state index in [1.54, 1.807) is 29.2 Å². The van der Waals surface area contributed by atoms with Crippen LogP contribution in [0.1, 0.15) is 11.1 Å². The Kier molecular flexibility index (Phi) is 8.13. The summed E-state index contributed by atoms with van der Waals surface area (Å²) in [5, 5.41) is 0. The molecule has 0 fully saturated rings. The van der Waals surface area contributed by atoms with Crippen LogP contribution >= 0.6 is 0 Å². The highest BCUT2D eigenvalue weighted by Crippen LogP contribution is 2.21. The molecule has 0 aliphatic rings. The number of halogens is 2. The first kappa shape index (κ1) is 24.3. The molecule has 3 aromatic carbocycles. The second kappa shape index (κ2) is 11.0. The van der Waals surface area contributed by atoms with Gasteiger partial charge in [0.2, 0.25) is 5.91 Å². The number of carbonyl (C=O) groups excluding carboxylic acids is 1. The third-order valence-electron chi connectivity index (χ3n) is 4.77. The topological polar surface area (TPSA) is 72.9 Å². The molecule has 0 spiro atoms. The van der Waals surface area contributed by atoms with E-state index in [-0.39, 0.29) is 35.3 Å². The van der Waals surface area contributed by atoms with Crippen molar-refractivity contribution in [3.05, 3.63) is 95.6 Å². The number of amides is 1. The van der Waals surface area contributed by atoms with Crippen LogP contribution in [0.3, 0.4) is 0 Å². The van der Waals surface area contributed by atoms with Gasteiger partial charge in [-0.2, -0.15) is 8.42 Å². The summed E-state index contributed by atoms with van der Waals surface area (Å²) in [6.07, 6.45) is 0.0825. The Morgan fingerprint density at radius 3 is 2.18 bits per heavy atom. The number of rotatable bonds is 10. The van der Waals surface area contributed by atoms with E-state index in [1.807, 2.05) is 0 Å². The minimum Gasteiger partial charge on any atom is -0.383 e. The minimum atomic E-state index is -4.15. The van der Waals surface area contributed by atoms with Gasteiger partial charge < -0.3 is 13.8 Å². The van der Waals surface area contributed by atoms with E-state index in [4.69, 9.17) is 8.92 Å². The van der Waals surface area contributed by atoms with Gasteiger partial charge in [0.25, 0.3) is 0 Å². The Labute approximate surface area is 191 Å². The second-order valence-electron chi connectivity index (χ2n) is 7.25. The van der Waals surface area contributed by atoms with Gasteiger partial charge in [-0.05, 0) is 59.7 Å². The predicted molar refractivity (Wildman–Crippen MR) is 118 cm³/mol. The number of carbonyl (C=O) groups is 1. The molecule has 0 aromatic heterocycles. The molecule has 0 radical (unpaired) electrons. The van der Waals surface area contributed by atoms with E-state index in [1.165, 1.54) is 31.4 Å². The standard InChI is InChI=1S/C24H23F2NO5S/c1-31-14-13-27(24(28)16-18-5-7-20(25)8-6-18)17-19-3-2-4-22(15-19)32-33(29,30)23-11-9-21(26)10-12-23/h2-12,15H,13-14,16-17H2,1H3. The molecule has 0 heterocycles. The maximum atomic E-state index is 13.1. The van der Waals surface area contributed by atoms with Crippen molar-refractivity contribution in [3.8, 4) is 5.75 Å². The molecule has 0 aliphatic heterocycles. The van der Waals surface area contributed by atoms with Crippen molar-refractivity contribution in [2.75, 3.05) is 20.3 Å². The maximum absolute atomic E-state index is 13.1. The summed E-state index contributed by atoms with van der Waals surface area (Å²) >= 11 is 0. The van der Waals surface area contributed by atoms with Crippen LogP contribution < -0.4 is 4.18 Å². The zero-order valence-corrected chi connectivity index (χ0v) is 18.7. The third-order valence-corrected chi connectivity index (χ3v) is 6.03. The fourth-order valence-corrected chi connectivity index (χ4v) is 4.00. The normalized spacial score (nSPS) is 11.2. The summed E-state index contributed by atoms with van der Waals surface area (Å²) < 4.78 is 61.5. The van der Waals surface area contributed by atoms with Gasteiger partial charge in [0.15, 0.2) is 0 Å². The molecule has 0 N–H and O–H groups in total. The van der Waals surface area contributed by atoms with Gasteiger partial charge in [-0.1, -0.05) is 24.3 Å². The lowest BCUT2D eigenvalue weighted by atomic mass is 10.1. The fourth-order valence-electron chi connectivity index (χ4n) is 3.07. The molecular formula is C24H23F2NO5S. The molecule has 3 aromatic rings. The van der Waals surface area contributed by atoms with E-state index in [9.17, 15) is 22.0 Å². The van der Waals surface area contributed by atoms with Crippen LogP contribution in [-0.2, 0) is 32.6 Å². The average molecular weight is 476 g/mol. The van der Waals surface area contributed by atoms with Crippen molar-refractivity contribution in [1.29, 1.82) is 0 Å². The lowest BCUT2D eigenvalue weighted by molar-refractivity contribution is -0.131. The Hall–Kier alpha value is -3.30. The lowest BCUT2D eigenvalue weighted by Gasteiger charge is -2.23. The van der Waals surface area contributed by atoms with Crippen LogP contribution in [0.2, 0.25) is 0 Å². The van der Waals surface area contributed by atoms with E-state index >= 15 is 0 Å². The Balaban J connectivity index is 1.73. The first-order chi connectivity index (χ1) is 15.8. The first-order valence-electron chi connectivity index (χ1n) is 10.1. The number of hydrogen-bond acceptors (Lipinski definition) is 5. The summed E-state index contributed by atoms with van der Waals surface area (Å²) in [4.78, 5) is 14.2. The smallest absolute Gasteiger partial charge is 0.339 e. The number of ether oxygens (including phenoxy) is 1. The molecule has 33 heavy (non-hydrogen) atoms. The molecular weight excluding hydrogens is 452 g/mol. The highest BCUT2D eigenvalue weighted by atomic mass is 32.2. The summed E-state index contributed by atoms with van der Waals surface area (Å²) in [6.45, 7) is 0.816. The number of benzene rings is 3. The van der Waals surface area contributed by atoms with Gasteiger partial charge >= 0.3 is 10.1 Å². The number of hydrogen-bond donors (Lipinski definition) is 0. The molecule has 0 unspecified atom stereocenters. The predicted octanol–water partition coefficient (Wildman–Crippen LogP) is 3.95. The van der Waals surface area contributed by atoms with Crippen molar-refractivity contribution in [1.82, 2.24) is 4.90 Å². The van der Waals surface area contributed by atoms with E-state index < -0.39 is 15.9 Å². The van der Waals surface area contributed by atoms with Crippen LogP contribution in [0.25, 0.3) is 0 Å². The molecule has 0 aliphatic carbocycles. The molecule has 0 bridgehead atoms. The quantitative estimate of drug-likeness (QED) is 0.415. The third kappa shape index (κ3) is 7.10. The van der Waals surface area contributed by atoms with E-state index in [2.05, 4.69) is 0 Å². The molecule has 0 saturated carbocycles. The van der Waals surface area contributed by atoms with Gasteiger partial charge in [0, 0.05) is 20.2 Å². The van der Waals surface area contributed by atoms with Crippen LogP contribution in [-0.4, -0.2) is 39.5 Å². The Morgan fingerprint density at radius 1 is 0.909 bits per heavy atom.